The number of benzene rings is 4. The van der Waals surface area contributed by atoms with Crippen molar-refractivity contribution < 1.29 is 28.0 Å². The molecule has 0 atom stereocenters. The van der Waals surface area contributed by atoms with Crippen molar-refractivity contribution in [1.29, 1.82) is 0 Å². The number of hydrogen-bond acceptors (Lipinski definition) is 6. The van der Waals surface area contributed by atoms with Crippen LogP contribution in [0.4, 0.5) is 11.4 Å². The van der Waals surface area contributed by atoms with Gasteiger partial charge in [0.15, 0.2) is 5.75 Å². The van der Waals surface area contributed by atoms with Gasteiger partial charge in [-0.3, -0.25) is 4.55 Å². The maximum atomic E-state index is 11.4. The maximum absolute atomic E-state index is 11.4. The number of carboxylic acids is 1. The number of hydrogen-bond donors (Lipinski definition) is 3. The van der Waals surface area contributed by atoms with Crippen molar-refractivity contribution in [2.45, 2.75) is 4.90 Å². The molecule has 2 radical (unpaired) electrons. The van der Waals surface area contributed by atoms with Crippen LogP contribution < -0.4 is 0 Å². The largest absolute Gasteiger partial charge is 0.505 e. The minimum atomic E-state index is -4.31. The first kappa shape index (κ1) is 23.1. The van der Waals surface area contributed by atoms with E-state index in [9.17, 15) is 23.4 Å². The topological polar surface area (TPSA) is 137 Å². The van der Waals surface area contributed by atoms with Gasteiger partial charge in [-0.25, -0.2) is 4.79 Å². The van der Waals surface area contributed by atoms with Crippen molar-refractivity contribution in [2.24, 2.45) is 10.2 Å². The van der Waals surface area contributed by atoms with E-state index in [1.807, 2.05) is 0 Å². The molecular weight excluding hydrogens is 448 g/mol. The Kier molecular flexibility index (Phi) is 6.63. The molecule has 10 heteroatoms. The van der Waals surface area contributed by atoms with Gasteiger partial charge in [-0.1, -0.05) is 36.4 Å². The van der Waals surface area contributed by atoms with Gasteiger partial charge in [-0.05, 0) is 46.5 Å². The quantitative estimate of drug-likeness (QED) is 0.229. The Morgan fingerprint density at radius 1 is 0.839 bits per heavy atom. The summed E-state index contributed by atoms with van der Waals surface area (Å²) in [6.07, 6.45) is 0. The summed E-state index contributed by atoms with van der Waals surface area (Å²) in [4.78, 5) is 11.2. The predicted octanol–water partition coefficient (Wildman–Crippen LogP) is 4.68. The number of fused-ring (bicyclic) bond motifs is 2. The van der Waals surface area contributed by atoms with Gasteiger partial charge in [-0.15, -0.1) is 5.11 Å². The summed E-state index contributed by atoms with van der Waals surface area (Å²) in [5.41, 5.74) is 0.164. The van der Waals surface area contributed by atoms with Crippen LogP contribution in [0.5, 0.6) is 5.75 Å². The molecule has 4 aromatic carbocycles. The van der Waals surface area contributed by atoms with E-state index in [4.69, 9.17) is 4.55 Å². The van der Waals surface area contributed by atoms with Crippen LogP contribution in [-0.2, 0) is 10.1 Å². The summed E-state index contributed by atoms with van der Waals surface area (Å²) >= 11 is 0. The summed E-state index contributed by atoms with van der Waals surface area (Å²) in [7, 11) is -4.31. The smallest absolute Gasteiger partial charge is 0.339 e. The average Bonchev–Trinajstić information content (AvgIpc) is 2.71. The Labute approximate surface area is 206 Å². The van der Waals surface area contributed by atoms with Crippen molar-refractivity contribution in [3.63, 3.8) is 0 Å². The SMILES string of the molecule is O=C(O)c1cc2ccccc2c(N=Nc2ccc3cc(S(=O)(=O)O)ccc3c2)c1O.[Ca]. The maximum Gasteiger partial charge on any atom is 0.339 e. The third-order valence-corrected chi connectivity index (χ3v) is 5.43. The van der Waals surface area contributed by atoms with Gasteiger partial charge in [0.1, 0.15) is 11.3 Å². The molecule has 0 bridgehead atoms. The van der Waals surface area contributed by atoms with Crippen LogP contribution >= 0.6 is 0 Å². The molecule has 152 valence electrons. The molecule has 0 aliphatic carbocycles. The van der Waals surface area contributed by atoms with Gasteiger partial charge in [0, 0.05) is 43.1 Å². The Bertz CT molecular complexity index is 1470. The number of carbonyl (C=O) groups is 1. The second kappa shape index (κ2) is 8.89. The van der Waals surface area contributed by atoms with Crippen molar-refractivity contribution in [3.8, 4) is 5.75 Å². The number of aromatic carboxylic acids is 1. The fourth-order valence-electron chi connectivity index (χ4n) is 3.12. The van der Waals surface area contributed by atoms with Gasteiger partial charge in [0.25, 0.3) is 10.1 Å². The van der Waals surface area contributed by atoms with Crippen molar-refractivity contribution >= 4 is 86.7 Å². The first-order chi connectivity index (χ1) is 14.2. The van der Waals surface area contributed by atoms with E-state index >= 15 is 0 Å². The van der Waals surface area contributed by atoms with Gasteiger partial charge in [-0.2, -0.15) is 13.5 Å². The van der Waals surface area contributed by atoms with Crippen LogP contribution in [0.3, 0.4) is 0 Å². The van der Waals surface area contributed by atoms with E-state index < -0.39 is 21.8 Å². The molecule has 3 N–H and O–H groups in total. The molecule has 4 aromatic rings. The third-order valence-electron chi connectivity index (χ3n) is 4.58. The summed E-state index contributed by atoms with van der Waals surface area (Å²) < 4.78 is 31.7. The van der Waals surface area contributed by atoms with Crippen molar-refractivity contribution in [2.75, 3.05) is 0 Å². The first-order valence-electron chi connectivity index (χ1n) is 8.65. The summed E-state index contributed by atoms with van der Waals surface area (Å²) in [6.45, 7) is 0. The minimum Gasteiger partial charge on any atom is -0.505 e. The molecule has 0 amide bonds. The van der Waals surface area contributed by atoms with E-state index in [0.717, 1.165) is 0 Å². The van der Waals surface area contributed by atoms with Crippen LogP contribution in [0.15, 0.2) is 81.9 Å². The van der Waals surface area contributed by atoms with Gasteiger partial charge in [0.2, 0.25) is 0 Å². The number of nitrogens with zero attached hydrogens (tertiary/aromatic N) is 2. The Hall–Kier alpha value is -2.56. The first-order valence-corrected chi connectivity index (χ1v) is 10.1. The second-order valence-corrected chi connectivity index (χ2v) is 7.94. The molecule has 8 nitrogen and oxygen atoms in total. The van der Waals surface area contributed by atoms with Crippen molar-refractivity contribution in [1.82, 2.24) is 0 Å². The van der Waals surface area contributed by atoms with E-state index in [0.29, 0.717) is 27.2 Å². The normalized spacial score (nSPS) is 11.6. The van der Waals surface area contributed by atoms with E-state index in [2.05, 4.69) is 10.2 Å². The summed E-state index contributed by atoms with van der Waals surface area (Å²) in [6, 6.07) is 17.2. The Balaban J connectivity index is 0.00000272. The van der Waals surface area contributed by atoms with Crippen LogP contribution in [0.2, 0.25) is 0 Å². The van der Waals surface area contributed by atoms with E-state index in [1.165, 1.54) is 24.3 Å². The van der Waals surface area contributed by atoms with Gasteiger partial charge in [0.05, 0.1) is 10.6 Å². The number of carboxylic acid groups (broad SMARTS) is 1. The van der Waals surface area contributed by atoms with E-state index in [-0.39, 0.29) is 53.9 Å². The summed E-state index contributed by atoms with van der Waals surface area (Å²) in [5, 5.41) is 30.3. The van der Waals surface area contributed by atoms with Crippen LogP contribution in [0.25, 0.3) is 21.5 Å². The van der Waals surface area contributed by atoms with Crippen LogP contribution in [0, 0.1) is 0 Å². The fourth-order valence-corrected chi connectivity index (χ4v) is 3.64. The Morgan fingerprint density at radius 3 is 2.23 bits per heavy atom. The second-order valence-electron chi connectivity index (χ2n) is 6.52. The molecule has 0 aromatic heterocycles. The molecule has 0 heterocycles. The molecule has 0 fully saturated rings. The minimum absolute atomic E-state index is 0. The van der Waals surface area contributed by atoms with Gasteiger partial charge >= 0.3 is 5.97 Å². The van der Waals surface area contributed by atoms with Crippen LogP contribution in [0.1, 0.15) is 10.4 Å². The zero-order chi connectivity index (χ0) is 21.5. The molecule has 31 heavy (non-hydrogen) atoms. The third kappa shape index (κ3) is 4.70. The number of rotatable bonds is 4. The number of aromatic hydroxyl groups is 1. The zero-order valence-electron chi connectivity index (χ0n) is 15.9. The standard InChI is InChI=1S/C21H14N2O6S.Ca/c24-20-18(21(25)26)11-14-3-1-2-4-17(14)19(20)23-22-15-7-5-13-10-16(30(27,28)29)8-6-12(13)9-15;/h1-11,24H,(H,25,26)(H,27,28,29);. The van der Waals surface area contributed by atoms with Gasteiger partial charge < -0.3 is 10.2 Å². The number of azo groups is 1. The predicted molar refractivity (Wildman–Crippen MR) is 116 cm³/mol. The molecule has 0 saturated carbocycles. The van der Waals surface area contributed by atoms with Crippen molar-refractivity contribution in [3.05, 3.63) is 72.3 Å². The molecular formula is C21H14CaN2O6S. The monoisotopic (exact) mass is 462 g/mol. The molecule has 0 spiro atoms. The summed E-state index contributed by atoms with van der Waals surface area (Å²) in [5.74, 6) is -1.77. The molecule has 0 aliphatic heterocycles. The zero-order valence-corrected chi connectivity index (χ0v) is 19.0. The molecule has 0 unspecified atom stereocenters. The molecule has 4 rings (SSSR count). The fraction of sp³-hybridized carbons (Fsp3) is 0. The average molecular weight is 462 g/mol. The Morgan fingerprint density at radius 2 is 1.52 bits per heavy atom. The molecule has 0 aliphatic rings. The number of phenols is 1. The van der Waals surface area contributed by atoms with E-state index in [1.54, 1.807) is 42.5 Å². The molecule has 0 saturated heterocycles. The van der Waals surface area contributed by atoms with Crippen LogP contribution in [-0.4, -0.2) is 66.9 Å².